The molecule has 1 unspecified atom stereocenters. The summed E-state index contributed by atoms with van der Waals surface area (Å²) < 4.78 is 0. The van der Waals surface area contributed by atoms with Crippen molar-refractivity contribution < 1.29 is 9.90 Å². The van der Waals surface area contributed by atoms with Crippen LogP contribution in [0.5, 0.6) is 0 Å². The minimum absolute atomic E-state index is 0.146. The molecule has 0 aromatic carbocycles. The Hall–Kier alpha value is -0.610. The second kappa shape index (κ2) is 4.49. The Balaban J connectivity index is 2.64. The zero-order chi connectivity index (χ0) is 11.6. The van der Waals surface area contributed by atoms with Crippen molar-refractivity contribution in [2.45, 2.75) is 38.3 Å². The van der Waals surface area contributed by atoms with Crippen LogP contribution in [0.4, 0.5) is 0 Å². The van der Waals surface area contributed by atoms with Gasteiger partial charge in [-0.15, -0.1) is 0 Å². The van der Waals surface area contributed by atoms with E-state index in [1.54, 1.807) is 13.8 Å². The number of likely N-dealkylation sites (N-methyl/N-ethyl adjacent to an activating group) is 1. The lowest BCUT2D eigenvalue weighted by molar-refractivity contribution is -0.148. The minimum atomic E-state index is -1.24. The summed E-state index contributed by atoms with van der Waals surface area (Å²) in [5.41, 5.74) is -1.24. The maximum absolute atomic E-state index is 11.9. The summed E-state index contributed by atoms with van der Waals surface area (Å²) in [6.45, 7) is 4.77. The Morgan fingerprint density at radius 1 is 1.53 bits per heavy atom. The van der Waals surface area contributed by atoms with Crippen molar-refractivity contribution >= 4 is 5.91 Å². The molecule has 1 saturated heterocycles. The smallest absolute Gasteiger partial charge is 0.254 e. The van der Waals surface area contributed by atoms with E-state index in [4.69, 9.17) is 0 Å². The number of aliphatic hydroxyl groups is 1. The van der Waals surface area contributed by atoms with E-state index >= 15 is 0 Å². The highest BCUT2D eigenvalue weighted by atomic mass is 16.3. The van der Waals surface area contributed by atoms with Crippen LogP contribution in [0.25, 0.3) is 0 Å². The van der Waals surface area contributed by atoms with Gasteiger partial charge in [0, 0.05) is 19.1 Å². The molecule has 4 heteroatoms. The molecule has 4 nitrogen and oxygen atoms in total. The molecular weight excluding hydrogens is 192 g/mol. The number of likely N-dealkylation sites (tertiary alicyclic amines) is 1. The van der Waals surface area contributed by atoms with Crippen LogP contribution in [0.2, 0.25) is 0 Å². The molecule has 1 atom stereocenters. The third kappa shape index (κ3) is 3.18. The number of hydrogen-bond acceptors (Lipinski definition) is 3. The summed E-state index contributed by atoms with van der Waals surface area (Å²) in [6.07, 6.45) is 2.08. The zero-order valence-corrected chi connectivity index (χ0v) is 10.2. The number of carbonyl (C=O) groups is 1. The maximum atomic E-state index is 11.9. The van der Waals surface area contributed by atoms with Crippen LogP contribution in [-0.2, 0) is 4.79 Å². The SMILES string of the molecule is CN(C)CC1CCCN1C(=O)C(C)(C)O. The monoisotopic (exact) mass is 214 g/mol. The van der Waals surface area contributed by atoms with Crippen LogP contribution < -0.4 is 0 Å². The van der Waals surface area contributed by atoms with Gasteiger partial charge in [0.1, 0.15) is 5.60 Å². The van der Waals surface area contributed by atoms with Crippen LogP contribution in [0.1, 0.15) is 26.7 Å². The molecule has 0 aromatic rings. The molecule has 1 amide bonds. The topological polar surface area (TPSA) is 43.8 Å². The predicted molar refractivity (Wildman–Crippen MR) is 59.6 cm³/mol. The molecule has 0 bridgehead atoms. The van der Waals surface area contributed by atoms with Crippen molar-refractivity contribution in [1.82, 2.24) is 9.80 Å². The largest absolute Gasteiger partial charge is 0.381 e. The first-order valence-electron chi connectivity index (χ1n) is 5.50. The number of hydrogen-bond donors (Lipinski definition) is 1. The van der Waals surface area contributed by atoms with Gasteiger partial charge in [-0.25, -0.2) is 0 Å². The number of rotatable bonds is 3. The number of nitrogens with zero attached hydrogens (tertiary/aromatic N) is 2. The van der Waals surface area contributed by atoms with Gasteiger partial charge >= 0.3 is 0 Å². The van der Waals surface area contributed by atoms with E-state index in [2.05, 4.69) is 4.90 Å². The van der Waals surface area contributed by atoms with Crippen molar-refractivity contribution in [2.24, 2.45) is 0 Å². The summed E-state index contributed by atoms with van der Waals surface area (Å²) in [5.74, 6) is -0.146. The lowest BCUT2D eigenvalue weighted by Gasteiger charge is -2.31. The molecule has 0 aliphatic carbocycles. The van der Waals surface area contributed by atoms with Crippen molar-refractivity contribution in [3.05, 3.63) is 0 Å². The molecule has 0 radical (unpaired) electrons. The zero-order valence-electron chi connectivity index (χ0n) is 10.2. The molecule has 0 spiro atoms. The second-order valence-corrected chi connectivity index (χ2v) is 5.12. The first-order chi connectivity index (χ1) is 6.82. The molecule has 1 fully saturated rings. The fraction of sp³-hybridized carbons (Fsp3) is 0.909. The third-order valence-corrected chi connectivity index (χ3v) is 2.74. The standard InChI is InChI=1S/C11H22N2O2/c1-11(2,15)10(14)13-7-5-6-9(13)8-12(3)4/h9,15H,5-8H2,1-4H3. The van der Waals surface area contributed by atoms with Gasteiger partial charge in [0.15, 0.2) is 0 Å². The molecular formula is C11H22N2O2. The first kappa shape index (κ1) is 12.5. The summed E-state index contributed by atoms with van der Waals surface area (Å²) in [5, 5.41) is 9.69. The van der Waals surface area contributed by atoms with Gasteiger partial charge in [0.2, 0.25) is 0 Å². The van der Waals surface area contributed by atoms with Crippen LogP contribution in [0.15, 0.2) is 0 Å². The van der Waals surface area contributed by atoms with Crippen molar-refractivity contribution in [3.63, 3.8) is 0 Å². The molecule has 1 aliphatic heterocycles. The lowest BCUT2D eigenvalue weighted by Crippen LogP contribution is -2.49. The molecule has 1 rings (SSSR count). The Morgan fingerprint density at radius 2 is 2.13 bits per heavy atom. The molecule has 1 N–H and O–H groups in total. The fourth-order valence-corrected chi connectivity index (χ4v) is 2.07. The Labute approximate surface area is 91.9 Å². The molecule has 88 valence electrons. The van der Waals surface area contributed by atoms with Crippen molar-refractivity contribution in [2.75, 3.05) is 27.2 Å². The van der Waals surface area contributed by atoms with Gasteiger partial charge < -0.3 is 14.9 Å². The van der Waals surface area contributed by atoms with E-state index in [0.29, 0.717) is 0 Å². The molecule has 0 aromatic heterocycles. The van der Waals surface area contributed by atoms with Gasteiger partial charge in [-0.3, -0.25) is 4.79 Å². The second-order valence-electron chi connectivity index (χ2n) is 5.12. The highest BCUT2D eigenvalue weighted by Gasteiger charge is 2.36. The first-order valence-corrected chi connectivity index (χ1v) is 5.50. The van der Waals surface area contributed by atoms with Crippen LogP contribution in [0, 0.1) is 0 Å². The Bertz CT molecular complexity index is 233. The van der Waals surface area contributed by atoms with E-state index in [1.807, 2.05) is 19.0 Å². The average molecular weight is 214 g/mol. The van der Waals surface area contributed by atoms with Gasteiger partial charge in [-0.1, -0.05) is 0 Å². The van der Waals surface area contributed by atoms with Crippen LogP contribution >= 0.6 is 0 Å². The van der Waals surface area contributed by atoms with Gasteiger partial charge in [-0.2, -0.15) is 0 Å². The Morgan fingerprint density at radius 3 is 2.60 bits per heavy atom. The van der Waals surface area contributed by atoms with E-state index in [1.165, 1.54) is 0 Å². The average Bonchev–Trinajstić information content (AvgIpc) is 2.48. The van der Waals surface area contributed by atoms with E-state index in [0.717, 1.165) is 25.9 Å². The highest BCUT2D eigenvalue weighted by Crippen LogP contribution is 2.21. The predicted octanol–water partition coefficient (Wildman–Crippen LogP) is 0.310. The summed E-state index contributed by atoms with van der Waals surface area (Å²) in [4.78, 5) is 15.8. The Kier molecular flexibility index (Phi) is 3.73. The van der Waals surface area contributed by atoms with Gasteiger partial charge in [-0.05, 0) is 40.8 Å². The van der Waals surface area contributed by atoms with Crippen molar-refractivity contribution in [3.8, 4) is 0 Å². The quantitative estimate of drug-likeness (QED) is 0.735. The van der Waals surface area contributed by atoms with Gasteiger partial charge in [0.05, 0.1) is 0 Å². The third-order valence-electron chi connectivity index (χ3n) is 2.74. The normalized spacial score (nSPS) is 22.5. The van der Waals surface area contributed by atoms with Crippen LogP contribution in [-0.4, -0.2) is 59.6 Å². The summed E-state index contributed by atoms with van der Waals surface area (Å²) in [7, 11) is 4.01. The van der Waals surface area contributed by atoms with Crippen LogP contribution in [0.3, 0.4) is 0 Å². The number of amides is 1. The molecule has 1 aliphatic rings. The number of carbonyl (C=O) groups excluding carboxylic acids is 1. The minimum Gasteiger partial charge on any atom is -0.381 e. The summed E-state index contributed by atoms with van der Waals surface area (Å²) in [6, 6.07) is 0.263. The lowest BCUT2D eigenvalue weighted by atomic mass is 10.1. The van der Waals surface area contributed by atoms with E-state index in [9.17, 15) is 9.90 Å². The fourth-order valence-electron chi connectivity index (χ4n) is 2.07. The van der Waals surface area contributed by atoms with Gasteiger partial charge in [0.25, 0.3) is 5.91 Å². The van der Waals surface area contributed by atoms with E-state index in [-0.39, 0.29) is 11.9 Å². The molecule has 15 heavy (non-hydrogen) atoms. The molecule has 1 heterocycles. The molecule has 0 saturated carbocycles. The maximum Gasteiger partial charge on any atom is 0.254 e. The van der Waals surface area contributed by atoms with Crippen molar-refractivity contribution in [1.29, 1.82) is 0 Å². The highest BCUT2D eigenvalue weighted by molar-refractivity contribution is 5.84. The van der Waals surface area contributed by atoms with E-state index < -0.39 is 5.60 Å². The summed E-state index contributed by atoms with van der Waals surface area (Å²) >= 11 is 0.